The molecule has 2 rings (SSSR count). The van der Waals surface area contributed by atoms with Gasteiger partial charge in [0.05, 0.1) is 12.1 Å². The lowest BCUT2D eigenvalue weighted by Gasteiger charge is -2.20. The van der Waals surface area contributed by atoms with E-state index >= 15 is 0 Å². The molecule has 5 nitrogen and oxygen atoms in total. The van der Waals surface area contributed by atoms with E-state index in [4.69, 9.17) is 4.74 Å². The SMILES string of the molecule is CCNC(c1ncn[nH]1)c1ccccc1OC(C)C. The third-order valence-electron chi connectivity index (χ3n) is 2.71. The Morgan fingerprint density at radius 2 is 2.11 bits per heavy atom. The molecule has 1 heterocycles. The van der Waals surface area contributed by atoms with Crippen LogP contribution in [0.15, 0.2) is 30.6 Å². The summed E-state index contributed by atoms with van der Waals surface area (Å²) in [7, 11) is 0. The first-order valence-corrected chi connectivity index (χ1v) is 6.56. The molecule has 5 heteroatoms. The number of hydrogen-bond donors (Lipinski definition) is 2. The van der Waals surface area contributed by atoms with E-state index in [1.165, 1.54) is 6.33 Å². The Hall–Kier alpha value is -1.88. The molecule has 0 spiro atoms. The average Bonchev–Trinajstić information content (AvgIpc) is 2.90. The largest absolute Gasteiger partial charge is 0.491 e. The number of ether oxygens (including phenoxy) is 1. The lowest BCUT2D eigenvalue weighted by atomic mass is 10.0. The van der Waals surface area contributed by atoms with Crippen molar-refractivity contribution < 1.29 is 4.74 Å². The van der Waals surface area contributed by atoms with Gasteiger partial charge in [0, 0.05) is 5.56 Å². The van der Waals surface area contributed by atoms with Gasteiger partial charge >= 0.3 is 0 Å². The maximum Gasteiger partial charge on any atom is 0.146 e. The number of rotatable bonds is 6. The lowest BCUT2D eigenvalue weighted by Crippen LogP contribution is -2.24. The van der Waals surface area contributed by atoms with Gasteiger partial charge in [-0.15, -0.1) is 0 Å². The van der Waals surface area contributed by atoms with Crippen LogP contribution in [0.2, 0.25) is 0 Å². The molecule has 0 aliphatic heterocycles. The Labute approximate surface area is 113 Å². The number of aromatic nitrogens is 3. The van der Waals surface area contributed by atoms with Crippen molar-refractivity contribution >= 4 is 0 Å². The third kappa shape index (κ3) is 3.32. The van der Waals surface area contributed by atoms with Crippen LogP contribution in [-0.4, -0.2) is 27.8 Å². The molecular formula is C14H20N4O. The van der Waals surface area contributed by atoms with Crippen LogP contribution >= 0.6 is 0 Å². The fraction of sp³-hybridized carbons (Fsp3) is 0.429. The Balaban J connectivity index is 2.36. The molecule has 0 bridgehead atoms. The number of nitrogens with one attached hydrogen (secondary N) is 2. The second-order valence-electron chi connectivity index (χ2n) is 4.57. The molecule has 1 unspecified atom stereocenters. The topological polar surface area (TPSA) is 62.8 Å². The van der Waals surface area contributed by atoms with Crippen LogP contribution in [0.4, 0.5) is 0 Å². The normalized spacial score (nSPS) is 12.6. The van der Waals surface area contributed by atoms with E-state index in [9.17, 15) is 0 Å². The number of hydrogen-bond acceptors (Lipinski definition) is 4. The van der Waals surface area contributed by atoms with Crippen molar-refractivity contribution in [3.8, 4) is 5.75 Å². The molecule has 0 aliphatic rings. The molecule has 0 radical (unpaired) electrons. The van der Waals surface area contributed by atoms with Gasteiger partial charge in [-0.3, -0.25) is 5.10 Å². The highest BCUT2D eigenvalue weighted by atomic mass is 16.5. The van der Waals surface area contributed by atoms with E-state index in [2.05, 4.69) is 27.4 Å². The molecule has 1 aromatic carbocycles. The zero-order valence-electron chi connectivity index (χ0n) is 11.6. The Kier molecular flexibility index (Phi) is 4.52. The summed E-state index contributed by atoms with van der Waals surface area (Å²) in [6.45, 7) is 6.94. The van der Waals surface area contributed by atoms with Crippen molar-refractivity contribution in [3.05, 3.63) is 42.0 Å². The van der Waals surface area contributed by atoms with Gasteiger partial charge in [0.25, 0.3) is 0 Å². The second-order valence-corrected chi connectivity index (χ2v) is 4.57. The van der Waals surface area contributed by atoms with Crippen molar-refractivity contribution in [1.82, 2.24) is 20.5 Å². The van der Waals surface area contributed by atoms with Crippen LogP contribution < -0.4 is 10.1 Å². The first kappa shape index (κ1) is 13.5. The van der Waals surface area contributed by atoms with Crippen LogP contribution in [0.5, 0.6) is 5.75 Å². The molecule has 0 saturated heterocycles. The van der Waals surface area contributed by atoms with Crippen LogP contribution in [0.3, 0.4) is 0 Å². The number of nitrogens with zero attached hydrogens (tertiary/aromatic N) is 2. The summed E-state index contributed by atoms with van der Waals surface area (Å²) in [5.74, 6) is 1.67. The van der Waals surface area contributed by atoms with Crippen molar-refractivity contribution in [2.75, 3.05) is 6.54 Å². The monoisotopic (exact) mass is 260 g/mol. The minimum atomic E-state index is -0.0394. The van der Waals surface area contributed by atoms with Crippen LogP contribution in [0, 0.1) is 0 Å². The van der Waals surface area contributed by atoms with E-state index in [1.807, 2.05) is 38.1 Å². The summed E-state index contributed by atoms with van der Waals surface area (Å²) < 4.78 is 5.87. The zero-order chi connectivity index (χ0) is 13.7. The minimum Gasteiger partial charge on any atom is -0.491 e. The summed E-state index contributed by atoms with van der Waals surface area (Å²) in [4.78, 5) is 4.25. The van der Waals surface area contributed by atoms with Crippen molar-refractivity contribution in [1.29, 1.82) is 0 Å². The van der Waals surface area contributed by atoms with Gasteiger partial charge < -0.3 is 10.1 Å². The summed E-state index contributed by atoms with van der Waals surface area (Å²) in [6.07, 6.45) is 1.66. The Bertz CT molecular complexity index is 496. The van der Waals surface area contributed by atoms with Gasteiger partial charge in [0.1, 0.15) is 17.9 Å². The molecule has 0 fully saturated rings. The summed E-state index contributed by atoms with van der Waals surface area (Å²) >= 11 is 0. The van der Waals surface area contributed by atoms with Crippen LogP contribution in [-0.2, 0) is 0 Å². The molecule has 1 atom stereocenters. The smallest absolute Gasteiger partial charge is 0.146 e. The number of benzene rings is 1. The molecule has 0 aliphatic carbocycles. The quantitative estimate of drug-likeness (QED) is 0.836. The van der Waals surface area contributed by atoms with E-state index in [-0.39, 0.29) is 12.1 Å². The van der Waals surface area contributed by atoms with E-state index in [0.717, 1.165) is 23.7 Å². The molecule has 19 heavy (non-hydrogen) atoms. The maximum atomic E-state index is 5.87. The van der Waals surface area contributed by atoms with Crippen molar-refractivity contribution in [2.24, 2.45) is 0 Å². The number of H-pyrrole nitrogens is 1. The summed E-state index contributed by atoms with van der Waals surface area (Å²) in [6, 6.07) is 7.97. The van der Waals surface area contributed by atoms with Crippen LogP contribution in [0.25, 0.3) is 0 Å². The van der Waals surface area contributed by atoms with Gasteiger partial charge in [0.2, 0.25) is 0 Å². The van der Waals surface area contributed by atoms with Gasteiger partial charge in [-0.25, -0.2) is 4.98 Å². The van der Waals surface area contributed by atoms with Gasteiger partial charge in [-0.1, -0.05) is 25.1 Å². The third-order valence-corrected chi connectivity index (χ3v) is 2.71. The molecule has 2 N–H and O–H groups in total. The summed E-state index contributed by atoms with van der Waals surface area (Å²) in [5.41, 5.74) is 1.06. The van der Waals surface area contributed by atoms with Crippen molar-refractivity contribution in [3.63, 3.8) is 0 Å². The predicted molar refractivity (Wildman–Crippen MR) is 74.1 cm³/mol. The fourth-order valence-corrected chi connectivity index (χ4v) is 1.99. The van der Waals surface area contributed by atoms with Gasteiger partial charge in [-0.2, -0.15) is 5.10 Å². The highest BCUT2D eigenvalue weighted by molar-refractivity contribution is 5.38. The second kappa shape index (κ2) is 6.33. The lowest BCUT2D eigenvalue weighted by molar-refractivity contribution is 0.238. The highest BCUT2D eigenvalue weighted by Gasteiger charge is 2.20. The minimum absolute atomic E-state index is 0.0394. The van der Waals surface area contributed by atoms with E-state index in [1.54, 1.807) is 0 Å². The van der Waals surface area contributed by atoms with Crippen molar-refractivity contribution in [2.45, 2.75) is 32.9 Å². The van der Waals surface area contributed by atoms with E-state index < -0.39 is 0 Å². The summed E-state index contributed by atoms with van der Waals surface area (Å²) in [5, 5.41) is 10.2. The molecular weight excluding hydrogens is 240 g/mol. The average molecular weight is 260 g/mol. The molecule has 0 amide bonds. The zero-order valence-corrected chi connectivity index (χ0v) is 11.6. The fourth-order valence-electron chi connectivity index (χ4n) is 1.99. The predicted octanol–water partition coefficient (Wildman–Crippen LogP) is 2.29. The Morgan fingerprint density at radius 1 is 1.32 bits per heavy atom. The van der Waals surface area contributed by atoms with Gasteiger partial charge in [-0.05, 0) is 26.5 Å². The first-order chi connectivity index (χ1) is 9.22. The van der Waals surface area contributed by atoms with Crippen LogP contribution in [0.1, 0.15) is 38.2 Å². The Morgan fingerprint density at radius 3 is 2.74 bits per heavy atom. The molecule has 0 saturated carbocycles. The molecule has 2 aromatic rings. The highest BCUT2D eigenvalue weighted by Crippen LogP contribution is 2.28. The maximum absolute atomic E-state index is 5.87. The standard InChI is InChI=1S/C14H20N4O/c1-4-15-13(14-16-9-17-18-14)11-7-5-6-8-12(11)19-10(2)3/h5-10,13,15H,4H2,1-3H3,(H,16,17,18). The number of aromatic amines is 1. The van der Waals surface area contributed by atoms with Gasteiger partial charge in [0.15, 0.2) is 0 Å². The first-order valence-electron chi connectivity index (χ1n) is 6.56. The molecule has 102 valence electrons. The number of para-hydroxylation sites is 1. The molecule has 1 aromatic heterocycles. The van der Waals surface area contributed by atoms with E-state index in [0.29, 0.717) is 0 Å².